The van der Waals surface area contributed by atoms with Gasteiger partial charge in [-0.1, -0.05) is 31.2 Å². The summed E-state index contributed by atoms with van der Waals surface area (Å²) in [4.78, 5) is 30.5. The van der Waals surface area contributed by atoms with Crippen LogP contribution in [0.2, 0.25) is 0 Å². The number of likely N-dealkylation sites (N-methyl/N-ethyl adjacent to an activating group) is 1. The van der Waals surface area contributed by atoms with E-state index < -0.39 is 17.2 Å². The van der Waals surface area contributed by atoms with E-state index in [2.05, 4.69) is 10.6 Å². The predicted molar refractivity (Wildman–Crippen MR) is 137 cm³/mol. The van der Waals surface area contributed by atoms with Gasteiger partial charge in [0.2, 0.25) is 0 Å². The molecular formula is C28H33F2N3O4. The summed E-state index contributed by atoms with van der Waals surface area (Å²) in [6.07, 6.45) is 10.5. The molecule has 2 aliphatic heterocycles. The number of nitrogens with one attached hydrogen (secondary N) is 2. The number of anilines is 1. The van der Waals surface area contributed by atoms with Gasteiger partial charge in [0.15, 0.2) is 11.4 Å². The molecule has 2 N–H and O–H groups in total. The van der Waals surface area contributed by atoms with Crippen LogP contribution in [0.5, 0.6) is 5.75 Å². The molecule has 37 heavy (non-hydrogen) atoms. The molecule has 4 rings (SSSR count). The number of carbonyl (C=O) groups excluding carboxylic acids is 2. The maximum absolute atomic E-state index is 15.3. The fourth-order valence-corrected chi connectivity index (χ4v) is 4.87. The average molecular weight is 514 g/mol. The molecule has 9 heteroatoms. The molecule has 0 radical (unpaired) electrons. The summed E-state index contributed by atoms with van der Waals surface area (Å²) in [6, 6.07) is 3.32. The van der Waals surface area contributed by atoms with E-state index in [9.17, 15) is 14.0 Å². The molecule has 0 bridgehead atoms. The lowest BCUT2D eigenvalue weighted by molar-refractivity contribution is -0.157. The van der Waals surface area contributed by atoms with Crippen LogP contribution < -0.4 is 15.4 Å². The van der Waals surface area contributed by atoms with Gasteiger partial charge in [0.25, 0.3) is 11.8 Å². The molecule has 0 aromatic heterocycles. The van der Waals surface area contributed by atoms with Crippen molar-refractivity contribution in [2.75, 3.05) is 25.5 Å². The SMILES string of the molecule is CC/C=C(/C=C\C(C1=CCN(Cc2ccc3c(c2F)NC(=O)C2(CCCC2)O3)OC1)=C(/C)F)C(=O)NC. The van der Waals surface area contributed by atoms with Crippen LogP contribution >= 0.6 is 0 Å². The van der Waals surface area contributed by atoms with E-state index in [1.807, 2.05) is 13.0 Å². The molecule has 2 amide bonds. The highest BCUT2D eigenvalue weighted by atomic mass is 19.1. The Labute approximate surface area is 215 Å². The smallest absolute Gasteiger partial charge is 0.268 e. The van der Waals surface area contributed by atoms with Crippen molar-refractivity contribution < 1.29 is 27.9 Å². The maximum Gasteiger partial charge on any atom is 0.268 e. The molecule has 1 saturated carbocycles. The fourth-order valence-electron chi connectivity index (χ4n) is 4.87. The summed E-state index contributed by atoms with van der Waals surface area (Å²) >= 11 is 0. The summed E-state index contributed by atoms with van der Waals surface area (Å²) in [5, 5.41) is 6.86. The molecule has 0 unspecified atom stereocenters. The first-order valence-corrected chi connectivity index (χ1v) is 12.6. The maximum atomic E-state index is 15.3. The number of amides is 2. The van der Waals surface area contributed by atoms with Crippen molar-refractivity contribution in [1.29, 1.82) is 0 Å². The van der Waals surface area contributed by atoms with E-state index in [4.69, 9.17) is 9.57 Å². The van der Waals surface area contributed by atoms with Crippen molar-refractivity contribution in [1.82, 2.24) is 10.4 Å². The first kappa shape index (κ1) is 26.8. The second-order valence-electron chi connectivity index (χ2n) is 9.42. The van der Waals surface area contributed by atoms with Gasteiger partial charge < -0.3 is 15.4 Å². The molecule has 1 spiro atoms. The largest absolute Gasteiger partial charge is 0.475 e. The number of ether oxygens (including phenoxy) is 1. The molecule has 1 aromatic carbocycles. The van der Waals surface area contributed by atoms with Crippen molar-refractivity contribution in [3.05, 3.63) is 70.4 Å². The van der Waals surface area contributed by atoms with Crippen LogP contribution in [0.4, 0.5) is 14.5 Å². The van der Waals surface area contributed by atoms with E-state index in [0.29, 0.717) is 53.8 Å². The van der Waals surface area contributed by atoms with Gasteiger partial charge in [-0.15, -0.1) is 0 Å². The van der Waals surface area contributed by atoms with Crippen LogP contribution in [0, 0.1) is 5.82 Å². The number of hydrogen-bond acceptors (Lipinski definition) is 5. The second kappa shape index (κ2) is 11.4. The minimum absolute atomic E-state index is 0.0590. The molecule has 198 valence electrons. The monoisotopic (exact) mass is 513 g/mol. The first-order valence-electron chi connectivity index (χ1n) is 12.6. The molecule has 1 aliphatic carbocycles. The first-order chi connectivity index (χ1) is 17.8. The highest BCUT2D eigenvalue weighted by Gasteiger charge is 2.47. The van der Waals surface area contributed by atoms with Gasteiger partial charge >= 0.3 is 0 Å². The Balaban J connectivity index is 1.45. The summed E-state index contributed by atoms with van der Waals surface area (Å²) in [5.41, 5.74) is 0.933. The van der Waals surface area contributed by atoms with Crippen molar-refractivity contribution >= 4 is 17.5 Å². The van der Waals surface area contributed by atoms with Gasteiger partial charge in [-0.3, -0.25) is 14.4 Å². The Morgan fingerprint density at radius 2 is 2.03 bits per heavy atom. The average Bonchev–Trinajstić information content (AvgIpc) is 3.36. The summed E-state index contributed by atoms with van der Waals surface area (Å²) in [6.45, 7) is 3.79. The molecule has 1 aromatic rings. The number of hydroxylamine groups is 2. The van der Waals surface area contributed by atoms with Gasteiger partial charge in [0, 0.05) is 30.3 Å². The van der Waals surface area contributed by atoms with Gasteiger partial charge in [0.05, 0.1) is 13.2 Å². The number of nitrogens with zero attached hydrogens (tertiary/aromatic N) is 1. The van der Waals surface area contributed by atoms with Crippen LogP contribution in [0.3, 0.4) is 0 Å². The van der Waals surface area contributed by atoms with Gasteiger partial charge in [0.1, 0.15) is 17.3 Å². The minimum atomic E-state index is -0.889. The number of halogens is 2. The van der Waals surface area contributed by atoms with Crippen molar-refractivity contribution in [3.8, 4) is 5.75 Å². The van der Waals surface area contributed by atoms with Crippen LogP contribution in [0.1, 0.15) is 51.5 Å². The molecular weight excluding hydrogens is 480 g/mol. The predicted octanol–water partition coefficient (Wildman–Crippen LogP) is 5.03. The fraction of sp³-hybridized carbons (Fsp3) is 0.429. The standard InChI is InChI=1S/C28H33F2N3O4/c1-4-7-19(26(34)31-3)8-10-22(18(2)29)21-12-15-33(36-17-21)16-20-9-11-23-25(24(20)30)32-27(35)28(37-23)13-5-6-14-28/h7-12H,4-6,13-17H2,1-3H3,(H,31,34)(H,32,35)/b10-8-,19-7-,22-18-. The Bertz CT molecular complexity index is 1190. The Morgan fingerprint density at radius 3 is 2.65 bits per heavy atom. The Morgan fingerprint density at radius 1 is 1.27 bits per heavy atom. The number of carbonyl (C=O) groups is 2. The lowest BCUT2D eigenvalue weighted by atomic mass is 9.98. The molecule has 7 nitrogen and oxygen atoms in total. The zero-order chi connectivity index (χ0) is 26.6. The summed E-state index contributed by atoms with van der Waals surface area (Å²) in [7, 11) is 1.54. The highest BCUT2D eigenvalue weighted by molar-refractivity contribution is 6.01. The lowest BCUT2D eigenvalue weighted by Gasteiger charge is -2.35. The molecule has 1 fully saturated rings. The third kappa shape index (κ3) is 5.67. The number of hydrogen-bond donors (Lipinski definition) is 2. The van der Waals surface area contributed by atoms with Crippen LogP contribution in [0.15, 0.2) is 59.0 Å². The number of rotatable bonds is 7. The number of benzene rings is 1. The molecule has 2 heterocycles. The van der Waals surface area contributed by atoms with Crippen LogP contribution in [-0.2, 0) is 21.0 Å². The Hall–Kier alpha value is -3.30. The van der Waals surface area contributed by atoms with E-state index >= 15 is 4.39 Å². The van der Waals surface area contributed by atoms with E-state index in [-0.39, 0.29) is 30.7 Å². The van der Waals surface area contributed by atoms with Crippen LogP contribution in [0.25, 0.3) is 0 Å². The summed E-state index contributed by atoms with van der Waals surface area (Å²) in [5.74, 6) is -1.15. The second-order valence-corrected chi connectivity index (χ2v) is 9.42. The van der Waals surface area contributed by atoms with Gasteiger partial charge in [-0.2, -0.15) is 5.06 Å². The molecule has 3 aliphatic rings. The van der Waals surface area contributed by atoms with Crippen LogP contribution in [-0.4, -0.2) is 42.7 Å². The van der Waals surface area contributed by atoms with Gasteiger partial charge in [-0.05, 0) is 56.7 Å². The minimum Gasteiger partial charge on any atom is -0.475 e. The van der Waals surface area contributed by atoms with Crippen molar-refractivity contribution in [2.24, 2.45) is 0 Å². The van der Waals surface area contributed by atoms with E-state index in [1.165, 1.54) is 6.92 Å². The Kier molecular flexibility index (Phi) is 8.24. The zero-order valence-electron chi connectivity index (χ0n) is 21.5. The normalized spacial score (nSPS) is 20.3. The van der Waals surface area contributed by atoms with Crippen molar-refractivity contribution in [3.63, 3.8) is 0 Å². The molecule has 0 saturated heterocycles. The number of fused-ring (bicyclic) bond motifs is 1. The van der Waals surface area contributed by atoms with E-state index in [0.717, 1.165) is 12.8 Å². The third-order valence-corrected chi connectivity index (χ3v) is 6.90. The molecule has 0 atom stereocenters. The van der Waals surface area contributed by atoms with E-state index in [1.54, 1.807) is 42.5 Å². The third-order valence-electron chi connectivity index (χ3n) is 6.90. The number of allylic oxidation sites excluding steroid dienone is 3. The van der Waals surface area contributed by atoms with Crippen molar-refractivity contribution in [2.45, 2.75) is 58.1 Å². The highest BCUT2D eigenvalue weighted by Crippen LogP contribution is 2.43. The lowest BCUT2D eigenvalue weighted by Crippen LogP contribution is -2.49. The topological polar surface area (TPSA) is 79.9 Å². The van der Waals surface area contributed by atoms with Gasteiger partial charge in [-0.25, -0.2) is 8.78 Å². The summed E-state index contributed by atoms with van der Waals surface area (Å²) < 4.78 is 35.7. The zero-order valence-corrected chi connectivity index (χ0v) is 21.5. The quantitative estimate of drug-likeness (QED) is 0.395.